The van der Waals surface area contributed by atoms with Crippen molar-refractivity contribution in [2.75, 3.05) is 18.1 Å². The van der Waals surface area contributed by atoms with Gasteiger partial charge in [0.1, 0.15) is 5.75 Å². The van der Waals surface area contributed by atoms with E-state index in [4.69, 9.17) is 4.74 Å². The average Bonchev–Trinajstić information content (AvgIpc) is 2.86. The summed E-state index contributed by atoms with van der Waals surface area (Å²) in [6.45, 7) is 2.30. The van der Waals surface area contributed by atoms with E-state index in [0.29, 0.717) is 18.3 Å². The van der Waals surface area contributed by atoms with E-state index in [1.807, 2.05) is 0 Å². The Balaban J connectivity index is 1.61. The highest BCUT2D eigenvalue weighted by Gasteiger charge is 2.41. The lowest BCUT2D eigenvalue weighted by atomic mass is 9.90. The molecule has 1 N–H and O–H groups in total. The number of hydrogen-bond donors (Lipinski definition) is 1. The molecular formula is C18H27NO5S2. The molecule has 1 saturated heterocycles. The van der Waals surface area contributed by atoms with E-state index in [-0.39, 0.29) is 22.8 Å². The second-order valence-corrected chi connectivity index (χ2v) is 11.7. The minimum Gasteiger partial charge on any atom is -0.493 e. The van der Waals surface area contributed by atoms with Gasteiger partial charge in [-0.3, -0.25) is 0 Å². The lowest BCUT2D eigenvalue weighted by molar-refractivity contribution is 0.209. The van der Waals surface area contributed by atoms with E-state index in [1.165, 1.54) is 44.2 Å². The largest absolute Gasteiger partial charge is 0.493 e. The Hall–Kier alpha value is -1.12. The molecule has 1 aromatic carbocycles. The van der Waals surface area contributed by atoms with Crippen LogP contribution in [-0.4, -0.2) is 40.5 Å². The zero-order chi connectivity index (χ0) is 18.8. The molecule has 1 aliphatic carbocycles. The Morgan fingerprint density at radius 2 is 1.81 bits per heavy atom. The number of benzene rings is 1. The highest BCUT2D eigenvalue weighted by Crippen LogP contribution is 2.27. The van der Waals surface area contributed by atoms with Gasteiger partial charge < -0.3 is 4.74 Å². The van der Waals surface area contributed by atoms with Crippen molar-refractivity contribution < 1.29 is 21.6 Å². The molecule has 0 spiro atoms. The van der Waals surface area contributed by atoms with Crippen molar-refractivity contribution in [1.82, 2.24) is 4.72 Å². The molecule has 1 atom stereocenters. The fraction of sp³-hybridized carbons (Fsp3) is 0.667. The molecule has 8 heteroatoms. The molecule has 26 heavy (non-hydrogen) atoms. The molecule has 0 bridgehead atoms. The molecule has 146 valence electrons. The van der Waals surface area contributed by atoms with Gasteiger partial charge in [0.2, 0.25) is 10.0 Å². The lowest BCUT2D eigenvalue weighted by Crippen LogP contribution is -2.46. The minimum absolute atomic E-state index is 0.0139. The van der Waals surface area contributed by atoms with Crippen LogP contribution in [0.15, 0.2) is 29.2 Å². The van der Waals surface area contributed by atoms with Crippen molar-refractivity contribution in [3.63, 3.8) is 0 Å². The van der Waals surface area contributed by atoms with Crippen LogP contribution in [0.2, 0.25) is 0 Å². The predicted molar refractivity (Wildman–Crippen MR) is 101 cm³/mol. The van der Waals surface area contributed by atoms with Gasteiger partial charge in [0, 0.05) is 5.54 Å². The number of nitrogens with one attached hydrogen (secondary N) is 1. The number of hydrogen-bond acceptors (Lipinski definition) is 5. The van der Waals surface area contributed by atoms with E-state index < -0.39 is 25.4 Å². The summed E-state index contributed by atoms with van der Waals surface area (Å²) in [5, 5.41) is 0. The molecule has 1 aromatic rings. The van der Waals surface area contributed by atoms with Crippen LogP contribution >= 0.6 is 0 Å². The lowest BCUT2D eigenvalue weighted by Gasteiger charge is -2.24. The highest BCUT2D eigenvalue weighted by atomic mass is 32.2. The van der Waals surface area contributed by atoms with Gasteiger partial charge in [-0.25, -0.2) is 21.6 Å². The minimum atomic E-state index is -3.77. The zero-order valence-electron chi connectivity index (χ0n) is 15.1. The quantitative estimate of drug-likeness (QED) is 0.791. The second kappa shape index (κ2) is 7.48. The molecule has 3 rings (SSSR count). The first-order valence-corrected chi connectivity index (χ1v) is 12.5. The maximum absolute atomic E-state index is 12.6. The van der Waals surface area contributed by atoms with Crippen molar-refractivity contribution in [2.45, 2.75) is 55.9 Å². The van der Waals surface area contributed by atoms with Crippen LogP contribution in [0.5, 0.6) is 5.75 Å². The van der Waals surface area contributed by atoms with Crippen molar-refractivity contribution >= 4 is 19.9 Å². The van der Waals surface area contributed by atoms with Crippen molar-refractivity contribution in [1.29, 1.82) is 0 Å². The SMILES string of the molecule is C[C@]1(NS(=O)(=O)c2ccc(OCC3CCCCC3)cc2)CCS(=O)(=O)C1. The van der Waals surface area contributed by atoms with Crippen LogP contribution in [0.25, 0.3) is 0 Å². The van der Waals surface area contributed by atoms with E-state index in [9.17, 15) is 16.8 Å². The maximum atomic E-state index is 12.6. The Labute approximate surface area is 156 Å². The van der Waals surface area contributed by atoms with Crippen molar-refractivity contribution in [3.8, 4) is 5.75 Å². The number of ether oxygens (including phenoxy) is 1. The van der Waals surface area contributed by atoms with Gasteiger partial charge in [-0.2, -0.15) is 0 Å². The number of sulfonamides is 1. The molecule has 1 saturated carbocycles. The third kappa shape index (κ3) is 4.98. The monoisotopic (exact) mass is 401 g/mol. The van der Waals surface area contributed by atoms with E-state index >= 15 is 0 Å². The molecule has 0 amide bonds. The van der Waals surface area contributed by atoms with Crippen molar-refractivity contribution in [3.05, 3.63) is 24.3 Å². The van der Waals surface area contributed by atoms with Gasteiger partial charge in [0.15, 0.2) is 9.84 Å². The fourth-order valence-electron chi connectivity index (χ4n) is 3.76. The number of rotatable bonds is 6. The number of sulfone groups is 1. The standard InChI is InChI=1S/C18H27NO5S2/c1-18(11-12-25(20,21)14-18)19-26(22,23)17-9-7-16(8-10-17)24-13-15-5-3-2-4-6-15/h7-10,15,19H,2-6,11-14H2,1H3/t18-/m0/s1. The summed E-state index contributed by atoms with van der Waals surface area (Å²) in [4.78, 5) is 0.119. The summed E-state index contributed by atoms with van der Waals surface area (Å²) >= 11 is 0. The highest BCUT2D eigenvalue weighted by molar-refractivity contribution is 7.92. The van der Waals surface area contributed by atoms with Gasteiger partial charge in [0.25, 0.3) is 0 Å². The van der Waals surface area contributed by atoms with E-state index in [1.54, 1.807) is 19.1 Å². The second-order valence-electron chi connectivity index (χ2n) is 7.79. The third-order valence-electron chi connectivity index (χ3n) is 5.23. The van der Waals surface area contributed by atoms with Gasteiger partial charge in [-0.05, 0) is 56.4 Å². The molecule has 0 radical (unpaired) electrons. The molecule has 1 aliphatic heterocycles. The third-order valence-corrected chi connectivity index (χ3v) is 8.79. The van der Waals surface area contributed by atoms with E-state index in [0.717, 1.165) is 0 Å². The molecule has 0 aromatic heterocycles. The molecule has 6 nitrogen and oxygen atoms in total. The normalized spacial score (nSPS) is 26.7. The smallest absolute Gasteiger partial charge is 0.241 e. The van der Waals surface area contributed by atoms with Crippen molar-refractivity contribution in [2.24, 2.45) is 5.92 Å². The molecule has 2 aliphatic rings. The summed E-state index contributed by atoms with van der Waals surface area (Å²) < 4.78 is 56.8. The van der Waals surface area contributed by atoms with E-state index in [2.05, 4.69) is 4.72 Å². The zero-order valence-corrected chi connectivity index (χ0v) is 16.7. The topological polar surface area (TPSA) is 89.5 Å². The van der Waals surface area contributed by atoms with Gasteiger partial charge in [-0.1, -0.05) is 19.3 Å². The molecule has 2 fully saturated rings. The van der Waals surface area contributed by atoms with Crippen LogP contribution in [-0.2, 0) is 19.9 Å². The first-order chi connectivity index (χ1) is 12.2. The first kappa shape index (κ1) is 19.6. The summed E-state index contributed by atoms with van der Waals surface area (Å²) in [5.74, 6) is 1.09. The van der Waals surface area contributed by atoms with Crippen LogP contribution in [0.3, 0.4) is 0 Å². The van der Waals surface area contributed by atoms with Crippen LogP contribution in [0.4, 0.5) is 0 Å². The average molecular weight is 402 g/mol. The Bertz CT molecular complexity index is 827. The van der Waals surface area contributed by atoms with Crippen LogP contribution < -0.4 is 9.46 Å². The summed E-state index contributed by atoms with van der Waals surface area (Å²) in [7, 11) is -6.95. The Morgan fingerprint density at radius 1 is 1.15 bits per heavy atom. The van der Waals surface area contributed by atoms with Gasteiger partial charge >= 0.3 is 0 Å². The van der Waals surface area contributed by atoms with Gasteiger partial charge in [0.05, 0.1) is 23.0 Å². The molecule has 1 heterocycles. The first-order valence-electron chi connectivity index (χ1n) is 9.15. The molecular weight excluding hydrogens is 374 g/mol. The Kier molecular flexibility index (Phi) is 5.65. The summed E-state index contributed by atoms with van der Waals surface area (Å²) in [6.07, 6.45) is 6.49. The summed E-state index contributed by atoms with van der Waals surface area (Å²) in [5.41, 5.74) is -0.951. The molecule has 0 unspecified atom stereocenters. The fourth-order valence-corrected chi connectivity index (χ4v) is 7.38. The summed E-state index contributed by atoms with van der Waals surface area (Å²) in [6, 6.07) is 6.33. The Morgan fingerprint density at radius 3 is 2.38 bits per heavy atom. The van der Waals surface area contributed by atoms with Gasteiger partial charge in [-0.15, -0.1) is 0 Å². The predicted octanol–water partition coefficient (Wildman–Crippen LogP) is 2.50. The van der Waals surface area contributed by atoms with Crippen LogP contribution in [0.1, 0.15) is 45.4 Å². The maximum Gasteiger partial charge on any atom is 0.241 e. The van der Waals surface area contributed by atoms with Crippen LogP contribution in [0, 0.1) is 5.92 Å².